The van der Waals surface area contributed by atoms with Gasteiger partial charge in [-0.15, -0.1) is 11.7 Å². The van der Waals surface area contributed by atoms with E-state index in [1.54, 1.807) is 30.0 Å². The number of para-hydroxylation sites is 1. The molecule has 0 aliphatic carbocycles. The molecule has 0 N–H and O–H groups in total. The molecule has 5 heteroatoms. The molecule has 0 spiro atoms. The van der Waals surface area contributed by atoms with Crippen LogP contribution < -0.4 is 4.74 Å². The summed E-state index contributed by atoms with van der Waals surface area (Å²) in [7, 11) is 0.732. The highest BCUT2D eigenvalue weighted by Crippen LogP contribution is 2.17. The lowest BCUT2D eigenvalue weighted by Crippen LogP contribution is -1.98. The number of nitrogens with zero attached hydrogens (tertiary/aromatic N) is 2. The zero-order valence-corrected chi connectivity index (χ0v) is 9.93. The number of hydrogen-bond donors (Lipinski definition) is 0. The van der Waals surface area contributed by atoms with Crippen LogP contribution in [0.2, 0.25) is 0 Å². The van der Waals surface area contributed by atoms with Gasteiger partial charge in [0.1, 0.15) is 5.75 Å². The molecule has 1 rings (SSSR count). The summed E-state index contributed by atoms with van der Waals surface area (Å²) in [4.78, 5) is 11.5. The van der Waals surface area contributed by atoms with Crippen LogP contribution in [0.15, 0.2) is 46.4 Å². The Bertz CT molecular complexity index is 391. The molecule has 0 aliphatic rings. The van der Waals surface area contributed by atoms with Crippen molar-refractivity contribution in [2.45, 2.75) is 0 Å². The van der Waals surface area contributed by atoms with E-state index in [2.05, 4.69) is 16.5 Å². The number of methoxy groups -OCH3 is 1. The molecule has 0 saturated heterocycles. The molecule has 1 aromatic carbocycles. The molecule has 0 radical (unpaired) electrons. The lowest BCUT2D eigenvalue weighted by Gasteiger charge is -2.02. The first-order valence-corrected chi connectivity index (χ1v) is 5.90. The van der Waals surface area contributed by atoms with Crippen LogP contribution in [0.25, 0.3) is 0 Å². The van der Waals surface area contributed by atoms with E-state index in [0.29, 0.717) is 11.3 Å². The monoisotopic (exact) mass is 220 g/mol. The Morgan fingerprint density at radius 1 is 1.53 bits per heavy atom. The van der Waals surface area contributed by atoms with Gasteiger partial charge in [0, 0.05) is 0 Å². The molecule has 0 aromatic heterocycles. The van der Waals surface area contributed by atoms with Crippen LogP contribution in [-0.4, -0.2) is 22.7 Å². The van der Waals surface area contributed by atoms with Crippen molar-refractivity contribution in [3.05, 3.63) is 42.1 Å². The second kappa shape index (κ2) is 5.87. The van der Waals surface area contributed by atoms with E-state index in [1.807, 2.05) is 0 Å². The average molecular weight is 220 g/mol. The highest BCUT2D eigenvalue weighted by atomic mass is 28.2. The zero-order valence-electron chi connectivity index (χ0n) is 8.51. The minimum Gasteiger partial charge on any atom is -0.496 e. The molecule has 0 aliphatic heterocycles. The third-order valence-electron chi connectivity index (χ3n) is 1.71. The van der Waals surface area contributed by atoms with Crippen molar-refractivity contribution in [2.24, 2.45) is 9.89 Å². The molecule has 0 heterocycles. The van der Waals surface area contributed by atoms with E-state index in [0.717, 1.165) is 0 Å². The largest absolute Gasteiger partial charge is 0.496 e. The van der Waals surface area contributed by atoms with Gasteiger partial charge in [-0.25, -0.2) is 4.78 Å². The van der Waals surface area contributed by atoms with Crippen LogP contribution in [0.1, 0.15) is 10.4 Å². The van der Waals surface area contributed by atoms with Crippen LogP contribution in [0.4, 0.5) is 0 Å². The summed E-state index contributed by atoms with van der Waals surface area (Å²) in [5.41, 5.74) is 2.14. The molecule has 0 bridgehead atoms. The lowest BCUT2D eigenvalue weighted by atomic mass is 10.2. The molecule has 1 amide bonds. The number of carbonyl (C=O) groups excluding carboxylic acids is 1. The van der Waals surface area contributed by atoms with Gasteiger partial charge in [-0.05, 0) is 12.1 Å². The minimum atomic E-state index is -0.784. The summed E-state index contributed by atoms with van der Waals surface area (Å²) >= 11 is 0. The fraction of sp³-hybridized carbons (Fsp3) is 0.100. The fourth-order valence-electron chi connectivity index (χ4n) is 1.04. The van der Waals surface area contributed by atoms with E-state index >= 15 is 0 Å². The smallest absolute Gasteiger partial charge is 0.297 e. The van der Waals surface area contributed by atoms with Crippen molar-refractivity contribution in [1.82, 2.24) is 0 Å². The van der Waals surface area contributed by atoms with Gasteiger partial charge in [0.25, 0.3) is 5.91 Å². The summed E-state index contributed by atoms with van der Waals surface area (Å²) in [5.74, 6) is 0.142. The Morgan fingerprint density at radius 3 is 2.93 bits per heavy atom. The summed E-state index contributed by atoms with van der Waals surface area (Å²) in [6.07, 6.45) is 0. The van der Waals surface area contributed by atoms with Crippen LogP contribution in [-0.2, 0) is 0 Å². The minimum absolute atomic E-state index is 0.373. The molecule has 0 unspecified atom stereocenters. The van der Waals surface area contributed by atoms with Crippen molar-refractivity contribution in [1.29, 1.82) is 0 Å². The number of rotatable bonds is 4. The van der Waals surface area contributed by atoms with Crippen LogP contribution in [0, 0.1) is 0 Å². The van der Waals surface area contributed by atoms with Crippen molar-refractivity contribution >= 4 is 15.6 Å². The Kier molecular flexibility index (Phi) is 4.43. The first kappa shape index (κ1) is 11.3. The SMILES string of the molecule is C=C[SiH2]N=NC(=O)c1ccccc1OC. The molecule has 15 heavy (non-hydrogen) atoms. The second-order valence-corrected chi connectivity index (χ2v) is 3.94. The third kappa shape index (κ3) is 3.14. The van der Waals surface area contributed by atoms with Crippen molar-refractivity contribution in [2.75, 3.05) is 7.11 Å². The van der Waals surface area contributed by atoms with Gasteiger partial charge in [0.05, 0.1) is 12.7 Å². The quantitative estimate of drug-likeness (QED) is 0.570. The third-order valence-corrected chi connectivity index (χ3v) is 2.27. The standard InChI is InChI=1S/C10H12N2O2Si/c1-3-15-12-11-10(13)8-6-4-5-7-9(8)14-2/h3-7H,1,15H2,2H3. The summed E-state index contributed by atoms with van der Waals surface area (Å²) in [6, 6.07) is 6.94. The number of carbonyl (C=O) groups is 1. The van der Waals surface area contributed by atoms with Gasteiger partial charge in [-0.1, -0.05) is 17.8 Å². The predicted molar refractivity (Wildman–Crippen MR) is 60.9 cm³/mol. The van der Waals surface area contributed by atoms with E-state index in [1.165, 1.54) is 7.11 Å². The molecule has 4 nitrogen and oxygen atoms in total. The summed E-state index contributed by atoms with van der Waals surface area (Å²) < 4.78 is 8.82. The summed E-state index contributed by atoms with van der Waals surface area (Å²) in [6.45, 7) is 3.54. The van der Waals surface area contributed by atoms with Gasteiger partial charge in [-0.3, -0.25) is 4.79 Å². The van der Waals surface area contributed by atoms with E-state index in [9.17, 15) is 4.79 Å². The van der Waals surface area contributed by atoms with Gasteiger partial charge in [0.2, 0.25) is 9.68 Å². The molecule has 0 fully saturated rings. The van der Waals surface area contributed by atoms with Crippen LogP contribution in [0.3, 0.4) is 0 Å². The van der Waals surface area contributed by atoms with Crippen LogP contribution in [0.5, 0.6) is 5.75 Å². The van der Waals surface area contributed by atoms with Gasteiger partial charge >= 0.3 is 0 Å². The Hall–Kier alpha value is -1.75. The molecule has 78 valence electrons. The maximum Gasteiger partial charge on any atom is 0.297 e. The highest BCUT2D eigenvalue weighted by molar-refractivity contribution is 6.39. The van der Waals surface area contributed by atoms with Gasteiger partial charge in [-0.2, -0.15) is 0 Å². The first-order valence-electron chi connectivity index (χ1n) is 4.45. The predicted octanol–water partition coefficient (Wildman–Crippen LogP) is 1.51. The Morgan fingerprint density at radius 2 is 2.27 bits per heavy atom. The Balaban J connectivity index is 2.85. The molecule has 0 atom stereocenters. The number of ether oxygens (including phenoxy) is 1. The van der Waals surface area contributed by atoms with Crippen LogP contribution >= 0.6 is 0 Å². The average Bonchev–Trinajstić information content (AvgIpc) is 2.29. The van der Waals surface area contributed by atoms with Crippen molar-refractivity contribution < 1.29 is 9.53 Å². The number of amides is 1. The highest BCUT2D eigenvalue weighted by Gasteiger charge is 2.09. The van der Waals surface area contributed by atoms with E-state index in [4.69, 9.17) is 4.74 Å². The van der Waals surface area contributed by atoms with Gasteiger partial charge in [0.15, 0.2) is 0 Å². The second-order valence-electron chi connectivity index (χ2n) is 2.72. The topological polar surface area (TPSA) is 51.0 Å². The fourth-order valence-corrected chi connectivity index (χ4v) is 1.36. The normalized spacial score (nSPS) is 11.0. The maximum absolute atomic E-state index is 11.5. The number of benzene rings is 1. The van der Waals surface area contributed by atoms with Crippen molar-refractivity contribution in [3.63, 3.8) is 0 Å². The maximum atomic E-state index is 11.5. The Labute approximate surface area is 90.6 Å². The first-order chi connectivity index (χ1) is 7.29. The molecule has 1 aromatic rings. The molecular formula is C10H12N2O2Si. The van der Waals surface area contributed by atoms with E-state index in [-0.39, 0.29) is 5.91 Å². The van der Waals surface area contributed by atoms with E-state index < -0.39 is 9.68 Å². The number of hydrogen-bond acceptors (Lipinski definition) is 3. The molecule has 0 saturated carbocycles. The van der Waals surface area contributed by atoms with Gasteiger partial charge < -0.3 is 4.74 Å². The lowest BCUT2D eigenvalue weighted by molar-refractivity contribution is 0.0993. The van der Waals surface area contributed by atoms with Crippen molar-refractivity contribution in [3.8, 4) is 5.75 Å². The zero-order chi connectivity index (χ0) is 11.1. The molecular weight excluding hydrogens is 208 g/mol. The summed E-state index contributed by atoms with van der Waals surface area (Å²) in [5, 5.41) is 3.59.